The second-order valence-corrected chi connectivity index (χ2v) is 3.34. The highest BCUT2D eigenvalue weighted by atomic mass is 16.5. The van der Waals surface area contributed by atoms with Crippen molar-refractivity contribution < 1.29 is 13.9 Å². The molecule has 1 rings (SSSR count). The van der Waals surface area contributed by atoms with Crippen LogP contribution >= 0.6 is 0 Å². The minimum atomic E-state index is -0.616. The topological polar surface area (TPSA) is 68.7 Å². The quantitative estimate of drug-likeness (QED) is 0.757. The van der Waals surface area contributed by atoms with Crippen molar-refractivity contribution in [1.82, 2.24) is 4.90 Å². The average molecular weight is 212 g/mol. The number of furan rings is 1. The maximum absolute atomic E-state index is 11.6. The van der Waals surface area contributed by atoms with Crippen molar-refractivity contribution in [1.29, 1.82) is 0 Å². The fourth-order valence-corrected chi connectivity index (χ4v) is 1.25. The van der Waals surface area contributed by atoms with Gasteiger partial charge in [-0.3, -0.25) is 4.79 Å². The van der Waals surface area contributed by atoms with Crippen molar-refractivity contribution in [3.8, 4) is 0 Å². The molecule has 84 valence electrons. The van der Waals surface area contributed by atoms with E-state index in [9.17, 15) is 4.79 Å². The Kier molecular flexibility index (Phi) is 4.33. The van der Waals surface area contributed by atoms with Gasteiger partial charge in [-0.1, -0.05) is 0 Å². The number of methoxy groups -OCH3 is 1. The van der Waals surface area contributed by atoms with Crippen LogP contribution in [0.15, 0.2) is 22.8 Å². The Labute approximate surface area is 88.8 Å². The van der Waals surface area contributed by atoms with Gasteiger partial charge in [0.2, 0.25) is 5.91 Å². The summed E-state index contributed by atoms with van der Waals surface area (Å²) in [7, 11) is 3.19. The van der Waals surface area contributed by atoms with Crippen LogP contribution in [-0.2, 0) is 16.1 Å². The van der Waals surface area contributed by atoms with Crippen LogP contribution in [0.1, 0.15) is 5.76 Å². The van der Waals surface area contributed by atoms with Gasteiger partial charge in [0.15, 0.2) is 0 Å². The van der Waals surface area contributed by atoms with Crippen LogP contribution in [0.3, 0.4) is 0 Å². The number of carbonyl (C=O) groups is 1. The smallest absolute Gasteiger partial charge is 0.242 e. The first kappa shape index (κ1) is 11.7. The van der Waals surface area contributed by atoms with E-state index in [1.165, 1.54) is 12.0 Å². The van der Waals surface area contributed by atoms with Crippen LogP contribution < -0.4 is 5.73 Å². The Morgan fingerprint density at radius 3 is 3.00 bits per heavy atom. The monoisotopic (exact) mass is 212 g/mol. The average Bonchev–Trinajstić information content (AvgIpc) is 2.69. The van der Waals surface area contributed by atoms with E-state index in [0.717, 1.165) is 5.76 Å². The summed E-state index contributed by atoms with van der Waals surface area (Å²) in [5, 5.41) is 0. The molecule has 0 spiro atoms. The summed E-state index contributed by atoms with van der Waals surface area (Å²) in [4.78, 5) is 13.2. The molecule has 2 N–H and O–H groups in total. The van der Waals surface area contributed by atoms with Crippen LogP contribution in [0.25, 0.3) is 0 Å². The molecule has 15 heavy (non-hydrogen) atoms. The molecule has 1 atom stereocenters. The summed E-state index contributed by atoms with van der Waals surface area (Å²) in [6.07, 6.45) is 1.57. The van der Waals surface area contributed by atoms with Gasteiger partial charge in [0.05, 0.1) is 19.4 Å². The predicted molar refractivity (Wildman–Crippen MR) is 55.0 cm³/mol. The van der Waals surface area contributed by atoms with E-state index in [2.05, 4.69) is 0 Å². The summed E-state index contributed by atoms with van der Waals surface area (Å²) in [5.74, 6) is 0.573. The number of nitrogens with zero attached hydrogens (tertiary/aromatic N) is 1. The van der Waals surface area contributed by atoms with E-state index in [1.54, 1.807) is 19.4 Å². The zero-order valence-electron chi connectivity index (χ0n) is 8.97. The summed E-state index contributed by atoms with van der Waals surface area (Å²) < 4.78 is 9.94. The minimum Gasteiger partial charge on any atom is -0.467 e. The van der Waals surface area contributed by atoms with E-state index < -0.39 is 6.04 Å². The third kappa shape index (κ3) is 3.38. The van der Waals surface area contributed by atoms with Gasteiger partial charge in [-0.15, -0.1) is 0 Å². The van der Waals surface area contributed by atoms with Gasteiger partial charge in [0.25, 0.3) is 0 Å². The third-order valence-corrected chi connectivity index (χ3v) is 2.01. The SMILES string of the molecule is COCC(N)C(=O)N(C)Cc1ccco1. The second-order valence-electron chi connectivity index (χ2n) is 3.34. The number of carbonyl (C=O) groups excluding carboxylic acids is 1. The van der Waals surface area contributed by atoms with E-state index in [1.807, 2.05) is 6.07 Å². The highest BCUT2D eigenvalue weighted by Crippen LogP contribution is 2.04. The van der Waals surface area contributed by atoms with Gasteiger partial charge in [-0.05, 0) is 12.1 Å². The van der Waals surface area contributed by atoms with Crippen molar-refractivity contribution in [2.24, 2.45) is 5.73 Å². The summed E-state index contributed by atoms with van der Waals surface area (Å²) in [6.45, 7) is 0.643. The molecule has 5 heteroatoms. The molecular weight excluding hydrogens is 196 g/mol. The highest BCUT2D eigenvalue weighted by Gasteiger charge is 2.18. The molecule has 0 aromatic carbocycles. The van der Waals surface area contributed by atoms with E-state index in [0.29, 0.717) is 6.54 Å². The lowest BCUT2D eigenvalue weighted by Gasteiger charge is -2.19. The molecule has 0 saturated heterocycles. The molecular formula is C10H16N2O3. The van der Waals surface area contributed by atoms with Crippen molar-refractivity contribution in [2.75, 3.05) is 20.8 Å². The molecule has 5 nitrogen and oxygen atoms in total. The maximum atomic E-state index is 11.6. The Morgan fingerprint density at radius 1 is 1.73 bits per heavy atom. The number of amides is 1. The van der Waals surface area contributed by atoms with Crippen LogP contribution in [0, 0.1) is 0 Å². The number of ether oxygens (including phenoxy) is 1. The number of hydrogen-bond acceptors (Lipinski definition) is 4. The molecule has 0 saturated carbocycles. The first-order chi connectivity index (χ1) is 7.15. The number of hydrogen-bond donors (Lipinski definition) is 1. The summed E-state index contributed by atoms with van der Waals surface area (Å²) in [6, 6.07) is 2.98. The second kappa shape index (κ2) is 5.53. The highest BCUT2D eigenvalue weighted by molar-refractivity contribution is 5.81. The van der Waals surface area contributed by atoms with Crippen molar-refractivity contribution in [3.63, 3.8) is 0 Å². The first-order valence-corrected chi connectivity index (χ1v) is 4.67. The first-order valence-electron chi connectivity index (χ1n) is 4.67. The fourth-order valence-electron chi connectivity index (χ4n) is 1.25. The molecule has 1 aromatic heterocycles. The molecule has 1 heterocycles. The summed E-state index contributed by atoms with van der Waals surface area (Å²) >= 11 is 0. The predicted octanol–water partition coefficient (Wildman–Crippen LogP) is 0.212. The van der Waals surface area contributed by atoms with Gasteiger partial charge in [0.1, 0.15) is 11.8 Å². The molecule has 1 amide bonds. The van der Waals surface area contributed by atoms with Gasteiger partial charge < -0.3 is 19.8 Å². The van der Waals surface area contributed by atoms with Crippen LogP contribution in [0.2, 0.25) is 0 Å². The molecule has 0 aliphatic rings. The Bertz CT molecular complexity index is 298. The van der Waals surface area contributed by atoms with E-state index >= 15 is 0 Å². The standard InChI is InChI=1S/C10H16N2O3/c1-12(6-8-4-3-5-15-8)10(13)9(11)7-14-2/h3-5,9H,6-7,11H2,1-2H3. The fraction of sp³-hybridized carbons (Fsp3) is 0.500. The molecule has 1 aromatic rings. The molecule has 0 aliphatic carbocycles. The van der Waals surface area contributed by atoms with Gasteiger partial charge in [-0.2, -0.15) is 0 Å². The minimum absolute atomic E-state index is 0.159. The molecule has 0 aliphatic heterocycles. The van der Waals surface area contributed by atoms with E-state index in [4.69, 9.17) is 14.9 Å². The number of likely N-dealkylation sites (N-methyl/N-ethyl adjacent to an activating group) is 1. The Morgan fingerprint density at radius 2 is 2.47 bits per heavy atom. The zero-order valence-corrected chi connectivity index (χ0v) is 8.97. The van der Waals surface area contributed by atoms with Gasteiger partial charge in [-0.25, -0.2) is 0 Å². The number of nitrogens with two attached hydrogens (primary N) is 1. The molecule has 0 radical (unpaired) electrons. The van der Waals surface area contributed by atoms with Crippen molar-refractivity contribution in [3.05, 3.63) is 24.2 Å². The Hall–Kier alpha value is -1.33. The lowest BCUT2D eigenvalue weighted by atomic mass is 10.3. The van der Waals surface area contributed by atoms with Crippen LogP contribution in [0.5, 0.6) is 0 Å². The lowest BCUT2D eigenvalue weighted by Crippen LogP contribution is -2.44. The van der Waals surface area contributed by atoms with Crippen molar-refractivity contribution in [2.45, 2.75) is 12.6 Å². The summed E-state index contributed by atoms with van der Waals surface area (Å²) in [5.41, 5.74) is 5.61. The Balaban J connectivity index is 2.46. The third-order valence-electron chi connectivity index (χ3n) is 2.01. The van der Waals surface area contributed by atoms with Gasteiger partial charge >= 0.3 is 0 Å². The van der Waals surface area contributed by atoms with E-state index in [-0.39, 0.29) is 12.5 Å². The maximum Gasteiger partial charge on any atom is 0.242 e. The van der Waals surface area contributed by atoms with Crippen LogP contribution in [0.4, 0.5) is 0 Å². The normalized spacial score (nSPS) is 12.5. The lowest BCUT2D eigenvalue weighted by molar-refractivity contribution is -0.133. The molecule has 0 fully saturated rings. The van der Waals surface area contributed by atoms with Crippen LogP contribution in [-0.4, -0.2) is 37.6 Å². The number of rotatable bonds is 5. The van der Waals surface area contributed by atoms with Gasteiger partial charge in [0, 0.05) is 14.2 Å². The molecule has 0 bridgehead atoms. The van der Waals surface area contributed by atoms with Crippen molar-refractivity contribution >= 4 is 5.91 Å². The molecule has 1 unspecified atom stereocenters. The zero-order chi connectivity index (χ0) is 11.3. The largest absolute Gasteiger partial charge is 0.467 e.